The first kappa shape index (κ1) is 83.8. The molecule has 126 heavy (non-hydrogen) atoms. The Labute approximate surface area is 735 Å². The molecule has 20 rings (SSSR count). The minimum Gasteiger partial charge on any atom is -0.478 e. The molecule has 0 spiro atoms. The van der Waals surface area contributed by atoms with Crippen LogP contribution >= 0.6 is 12.4 Å². The number of hydrogen-bond acceptors (Lipinski definition) is 33. The number of ether oxygens (including phenoxy) is 10. The van der Waals surface area contributed by atoms with Crippen molar-refractivity contribution in [2.24, 2.45) is 5.73 Å². The number of carbonyl (C=O) groups excluding carboxylic acids is 2. The summed E-state index contributed by atoms with van der Waals surface area (Å²) in [6, 6.07) is 38.7. The maximum absolute atomic E-state index is 12.6. The number of aromatic nitrogens is 18. The van der Waals surface area contributed by atoms with Crippen LogP contribution in [0.4, 0.5) is 0 Å². The molecule has 5 aliphatic rings. The van der Waals surface area contributed by atoms with Gasteiger partial charge in [0.1, 0.15) is 39.6 Å². The van der Waals surface area contributed by atoms with Gasteiger partial charge in [0, 0.05) is 150 Å². The van der Waals surface area contributed by atoms with Crippen molar-refractivity contribution in [3.63, 3.8) is 0 Å². The summed E-state index contributed by atoms with van der Waals surface area (Å²) >= 11 is 0. The monoisotopic (exact) mass is 1760 g/mol. The SMILES string of the molecule is C.Cl.NC1CCOCC1.O=C(NC1CCOCC1)c1ccc(COc2nn3c(-c4cc(CO)on4)nnc3c3ccccc23)nc1.O=C(NC1CCOCC1)c1ccc(COc2nn3c(-c4cc(COC5CCCCO5)on4)nnc3c3ccccc23)nc1.O=C(O)c1ccc(COc2nn3c(-c4cc(COC5CCCCO5)on4)nnc3c3ccccc23)nc1.[2HH].[2H][2H].[2H][2H].[2H][2H]. The highest BCUT2D eigenvalue weighted by atomic mass is 35.5. The number of aromatic carboxylic acids is 1. The number of aliphatic hydroxyl groups excluding tert-OH is 1. The highest BCUT2D eigenvalue weighted by molar-refractivity contribution is 5.99. The molecule has 2 amide bonds. The van der Waals surface area contributed by atoms with Crippen LogP contribution in [-0.4, -0.2) is 201 Å². The van der Waals surface area contributed by atoms with Crippen molar-refractivity contribution in [3.8, 4) is 52.2 Å². The Hall–Kier alpha value is -13.1. The van der Waals surface area contributed by atoms with Crippen molar-refractivity contribution in [2.75, 3.05) is 52.9 Å². The van der Waals surface area contributed by atoms with E-state index in [9.17, 15) is 19.5 Å². The number of benzene rings is 3. The van der Waals surface area contributed by atoms with Crippen LogP contribution in [0.1, 0.15) is 160 Å². The third kappa shape index (κ3) is 21.3. The molecule has 6 N–H and O–H groups in total. The second-order valence-electron chi connectivity index (χ2n) is 29.7. The molecule has 12 aromatic heterocycles. The maximum Gasteiger partial charge on any atom is 0.337 e. The zero-order chi connectivity index (χ0) is 90.5. The number of rotatable bonds is 24. The molecule has 3 aromatic carbocycles. The zero-order valence-corrected chi connectivity index (χ0v) is 68.4. The lowest BCUT2D eigenvalue weighted by Gasteiger charge is -2.23. The van der Waals surface area contributed by atoms with Crippen LogP contribution in [0.5, 0.6) is 17.6 Å². The average molecular weight is 1760 g/mol. The minimum absolute atomic E-state index is 0. The second kappa shape index (κ2) is 42.1. The smallest absolute Gasteiger partial charge is 0.337 e. The number of carbonyl (C=O) groups is 3. The molecule has 39 nitrogen and oxygen atoms in total. The predicted molar refractivity (Wildman–Crippen MR) is 460 cm³/mol. The quantitative estimate of drug-likeness (QED) is 0.0375. The molecule has 17 heterocycles. The number of carboxylic acids is 1. The van der Waals surface area contributed by atoms with E-state index in [0.717, 1.165) is 123 Å². The molecule has 664 valence electrons. The standard InChI is InChI=1S/C30H31N7O6.C25H23N7O5.C25H22N6O6.C5H11NO.CH4.ClH.4H2/c38-29(32-20-10-13-39-14-11-20)19-8-9-21(31-16-19)17-42-30-24-6-2-1-5-23(24)27-33-34-28(37(27)35-30)25-15-22(43-36-25)18-41-26-7-3-4-12-40-26;33-13-18-11-21(31-37-18)23-29-28-22-19-3-1-2-4-20(19)25(30-32(22)23)36-14-17-6-5-15(12-26-17)24(34)27-16-7-9-35-10-8-16;32-25(33)15-8-9-16(26-12-15)13-36-24-19-6-2-1-5-18(19)22-27-28-23(31(22)29-24)20-11-17(37-30-20)14-35-21-7-3-4-10-34-21;6-5-1-3-7-4-2-5;;;;;;/h1-2,5-6,8-9,15-16,20,26H,3-4,7,10-14,17-18H2,(H,32,38);1-6,11-12,16,33H,7-10,13-14H2,(H,27,34);1-2,5-6,8-9,11-12,21H,3-4,7,10,13-14H2,(H,32,33);5H,1-4,6H2;1H4;5*1H/i;;;;;;3*1+1D;1+1. The van der Waals surface area contributed by atoms with E-state index in [4.69, 9.17) is 85.8 Å². The Balaban J connectivity index is 0.000000178. The summed E-state index contributed by atoms with van der Waals surface area (Å²) in [6.07, 6.45) is 15.2. The third-order valence-corrected chi connectivity index (χ3v) is 21.0. The van der Waals surface area contributed by atoms with E-state index in [0.29, 0.717) is 160 Å². The summed E-state index contributed by atoms with van der Waals surface area (Å²) in [5, 5.41) is 81.3. The molecule has 2 atom stereocenters. The van der Waals surface area contributed by atoms with E-state index in [1.54, 1.807) is 70.0 Å². The van der Waals surface area contributed by atoms with Gasteiger partial charge in [0.05, 0.1) is 33.8 Å². The molecule has 0 saturated carbocycles. The number of pyridine rings is 3. The van der Waals surface area contributed by atoms with E-state index in [1.807, 2.05) is 72.8 Å². The summed E-state index contributed by atoms with van der Waals surface area (Å²) < 4.78 is 108. The van der Waals surface area contributed by atoms with Crippen LogP contribution in [-0.2, 0) is 72.8 Å². The maximum atomic E-state index is 12.6. The van der Waals surface area contributed by atoms with Crippen molar-refractivity contribution in [3.05, 3.63) is 197 Å². The fourth-order valence-corrected chi connectivity index (χ4v) is 14.2. The van der Waals surface area contributed by atoms with Gasteiger partial charge in [-0.15, -0.1) is 58.3 Å². The predicted octanol–water partition coefficient (Wildman–Crippen LogP) is 12.0. The minimum atomic E-state index is -1.04. The molecule has 5 aliphatic heterocycles. The molecule has 0 radical (unpaired) electrons. The number of fused-ring (bicyclic) bond motifs is 9. The Morgan fingerprint density at radius 1 is 0.437 bits per heavy atom. The van der Waals surface area contributed by atoms with Crippen LogP contribution in [0.3, 0.4) is 0 Å². The number of nitrogens with two attached hydrogens (primary N) is 1. The molecule has 0 aliphatic carbocycles. The second-order valence-corrected chi connectivity index (χ2v) is 29.7. The number of halogens is 1. The van der Waals surface area contributed by atoms with E-state index in [-0.39, 0.29) is 103 Å². The zero-order valence-electron chi connectivity index (χ0n) is 73.6. The van der Waals surface area contributed by atoms with Crippen molar-refractivity contribution in [1.82, 2.24) is 100 Å². The van der Waals surface area contributed by atoms with Gasteiger partial charge in [-0.2, -0.15) is 13.5 Å². The van der Waals surface area contributed by atoms with Gasteiger partial charge in [0.15, 0.2) is 63.9 Å². The van der Waals surface area contributed by atoms with Crippen LogP contribution < -0.4 is 30.6 Å². The highest BCUT2D eigenvalue weighted by Crippen LogP contribution is 2.34. The number of carboxylic acid groups (broad SMARTS) is 1. The normalized spacial score (nSPS) is 16.5. The summed E-state index contributed by atoms with van der Waals surface area (Å²) in [6.45, 7) is 6.34. The highest BCUT2D eigenvalue weighted by Gasteiger charge is 2.27. The van der Waals surface area contributed by atoms with Gasteiger partial charge in [-0.3, -0.25) is 24.5 Å². The van der Waals surface area contributed by atoms with E-state index in [1.165, 1.54) is 16.8 Å². The number of aliphatic hydroxyl groups is 1. The van der Waals surface area contributed by atoms with Crippen molar-refractivity contribution >= 4 is 79.4 Å². The number of nitrogens with one attached hydrogen (secondary N) is 2. The Kier molecular flexibility index (Phi) is 28.0. The van der Waals surface area contributed by atoms with Crippen molar-refractivity contribution in [2.45, 2.75) is 155 Å². The molecule has 15 aromatic rings. The molecule has 5 saturated heterocycles. The number of hydrogen-bond donors (Lipinski definition) is 5. The molecular weight excluding hydrogens is 1650 g/mol. The summed E-state index contributed by atoms with van der Waals surface area (Å²) in [5.74, 6) is 2.29. The van der Waals surface area contributed by atoms with Crippen LogP contribution in [0.25, 0.3) is 83.8 Å². The van der Waals surface area contributed by atoms with Crippen LogP contribution in [0, 0.1) is 0 Å². The largest absolute Gasteiger partial charge is 0.478 e. The molecule has 0 bridgehead atoms. The number of nitrogens with zero attached hydrogens (tertiary/aromatic N) is 18. The molecule has 2 unspecified atom stereocenters. The fraction of sp³-hybridized carbons (Fsp3) is 0.372. The molecule has 40 heteroatoms. The van der Waals surface area contributed by atoms with Gasteiger partial charge >= 0.3 is 5.97 Å². The summed E-state index contributed by atoms with van der Waals surface area (Å²) in [5.41, 5.74) is 11.4. The van der Waals surface area contributed by atoms with Gasteiger partial charge in [0.2, 0.25) is 35.1 Å². The van der Waals surface area contributed by atoms with Crippen LogP contribution in [0.2, 0.25) is 0 Å². The average Bonchev–Trinajstić information content (AvgIpc) is 1.64. The van der Waals surface area contributed by atoms with Gasteiger partial charge in [0.25, 0.3) is 11.8 Å². The lowest BCUT2D eigenvalue weighted by molar-refractivity contribution is -0.171. The molecule has 5 fully saturated rings. The van der Waals surface area contributed by atoms with Gasteiger partial charge in [-0.05, 0) is 132 Å². The Bertz CT molecular complexity index is 6180. The van der Waals surface area contributed by atoms with E-state index < -0.39 is 5.97 Å². The first-order valence-corrected chi connectivity index (χ1v) is 40.9. The fourth-order valence-electron chi connectivity index (χ4n) is 14.2. The topological polar surface area (TPSA) is 480 Å². The third-order valence-electron chi connectivity index (χ3n) is 21.0. The first-order chi connectivity index (χ1) is 63.9. The van der Waals surface area contributed by atoms with E-state index in [2.05, 4.69) is 81.8 Å². The first-order valence-electron chi connectivity index (χ1n) is 43.9. The Morgan fingerprint density at radius 2 is 0.786 bits per heavy atom. The van der Waals surface area contributed by atoms with E-state index >= 15 is 0 Å². The van der Waals surface area contributed by atoms with Gasteiger partial charge in [-0.25, -0.2) is 4.79 Å². The van der Waals surface area contributed by atoms with Crippen molar-refractivity contribution < 1.29 is 95.9 Å². The summed E-state index contributed by atoms with van der Waals surface area (Å²) in [7, 11) is 0. The van der Waals surface area contributed by atoms with Gasteiger partial charge < -0.3 is 87.5 Å². The van der Waals surface area contributed by atoms with Crippen LogP contribution in [0.15, 0.2) is 160 Å². The lowest BCUT2D eigenvalue weighted by atomic mass is 10.1. The molecular formula is C86H100ClN21O18. The lowest BCUT2D eigenvalue weighted by Crippen LogP contribution is -2.38. The number of amides is 2. The van der Waals surface area contributed by atoms with Crippen molar-refractivity contribution in [1.29, 1.82) is 0 Å². The Morgan fingerprint density at radius 3 is 1.10 bits per heavy atom. The van der Waals surface area contributed by atoms with Gasteiger partial charge in [-0.1, -0.05) is 77.5 Å². The summed E-state index contributed by atoms with van der Waals surface area (Å²) in [4.78, 5) is 49.3.